The Balaban J connectivity index is 1.68. The molecule has 3 aromatic rings. The van der Waals surface area contributed by atoms with Crippen molar-refractivity contribution in [1.29, 1.82) is 0 Å². The molecule has 0 heterocycles. The number of amides is 1. The fraction of sp³-hybridized carbons (Fsp3) is 0.240. The smallest absolute Gasteiger partial charge is 0.250 e. The predicted molar refractivity (Wildman–Crippen MR) is 156 cm³/mol. The van der Waals surface area contributed by atoms with E-state index in [1.807, 2.05) is 45.2 Å². The molecule has 0 aliphatic heterocycles. The molecule has 1 aliphatic carbocycles. The van der Waals surface area contributed by atoms with Gasteiger partial charge in [0.2, 0.25) is 10.0 Å². The van der Waals surface area contributed by atoms with Crippen LogP contribution in [0, 0.1) is 26.8 Å². The van der Waals surface area contributed by atoms with E-state index in [0.717, 1.165) is 12.1 Å². The lowest BCUT2D eigenvalue weighted by Crippen LogP contribution is -2.36. The molecule has 0 spiro atoms. The number of primary amides is 1. The number of nitrogens with one attached hydrogen (secondary N) is 2. The maximum absolute atomic E-state index is 15.4. The SMILES string of the molecule is COCC1(S(=O)(=O)Nc2cccc(Cc3cc(C(N)=O)c(Nc4ccc(I)cc4F)c(F)c3F)c2F)CC1I. The number of carbonyl (C=O) groups is 1. The van der Waals surface area contributed by atoms with Crippen LogP contribution in [-0.2, 0) is 21.2 Å². The number of hydrogen-bond acceptors (Lipinski definition) is 5. The van der Waals surface area contributed by atoms with Gasteiger partial charge in [-0.3, -0.25) is 9.52 Å². The van der Waals surface area contributed by atoms with Crippen LogP contribution in [0.4, 0.5) is 34.6 Å². The second kappa shape index (κ2) is 11.4. The van der Waals surface area contributed by atoms with Crippen LogP contribution in [0.1, 0.15) is 27.9 Å². The van der Waals surface area contributed by atoms with Crippen LogP contribution in [-0.4, -0.2) is 36.7 Å². The van der Waals surface area contributed by atoms with Gasteiger partial charge >= 0.3 is 0 Å². The van der Waals surface area contributed by atoms with Gasteiger partial charge in [-0.05, 0) is 70.5 Å². The van der Waals surface area contributed by atoms with Gasteiger partial charge in [0.15, 0.2) is 17.5 Å². The molecule has 2 unspecified atom stereocenters. The zero-order valence-corrected chi connectivity index (χ0v) is 25.3. The molecule has 0 bridgehead atoms. The van der Waals surface area contributed by atoms with Crippen molar-refractivity contribution in [2.24, 2.45) is 5.73 Å². The maximum Gasteiger partial charge on any atom is 0.250 e. The topological polar surface area (TPSA) is 111 Å². The lowest BCUT2D eigenvalue weighted by Gasteiger charge is -2.19. The number of carbonyl (C=O) groups excluding carboxylic acids is 1. The minimum absolute atomic E-state index is 0.0792. The van der Waals surface area contributed by atoms with Crippen molar-refractivity contribution in [2.45, 2.75) is 21.5 Å². The van der Waals surface area contributed by atoms with Gasteiger partial charge in [-0.2, -0.15) is 0 Å². The second-order valence-corrected chi connectivity index (χ2v) is 13.7. The molecule has 0 aromatic heterocycles. The summed E-state index contributed by atoms with van der Waals surface area (Å²) in [4.78, 5) is 12.1. The zero-order valence-electron chi connectivity index (χ0n) is 20.1. The Bertz CT molecular complexity index is 1580. The van der Waals surface area contributed by atoms with Crippen LogP contribution < -0.4 is 15.8 Å². The van der Waals surface area contributed by atoms with E-state index < -0.39 is 67.2 Å². The van der Waals surface area contributed by atoms with Crippen molar-refractivity contribution in [1.82, 2.24) is 0 Å². The quantitative estimate of drug-likeness (QED) is 0.141. The highest BCUT2D eigenvalue weighted by Gasteiger charge is 2.63. The molecule has 1 fully saturated rings. The van der Waals surface area contributed by atoms with Crippen molar-refractivity contribution in [3.8, 4) is 0 Å². The van der Waals surface area contributed by atoms with Crippen LogP contribution in [0.3, 0.4) is 0 Å². The summed E-state index contributed by atoms with van der Waals surface area (Å²) in [6.45, 7) is -0.0792. The van der Waals surface area contributed by atoms with E-state index in [2.05, 4.69) is 10.0 Å². The largest absolute Gasteiger partial charge is 0.383 e. The van der Waals surface area contributed by atoms with Gasteiger partial charge in [0.25, 0.3) is 5.91 Å². The van der Waals surface area contributed by atoms with Gasteiger partial charge < -0.3 is 15.8 Å². The lowest BCUT2D eigenvalue weighted by atomic mass is 9.99. The number of halogens is 6. The van der Waals surface area contributed by atoms with Gasteiger partial charge in [0.1, 0.15) is 10.6 Å². The van der Waals surface area contributed by atoms with Gasteiger partial charge in [0, 0.05) is 21.0 Å². The van der Waals surface area contributed by atoms with Crippen molar-refractivity contribution in [3.63, 3.8) is 0 Å². The zero-order chi connectivity index (χ0) is 28.7. The number of rotatable bonds is 10. The summed E-state index contributed by atoms with van der Waals surface area (Å²) in [5.74, 6) is -5.83. The molecule has 7 nitrogen and oxygen atoms in total. The van der Waals surface area contributed by atoms with Crippen LogP contribution in [0.25, 0.3) is 0 Å². The molecule has 4 rings (SSSR count). The minimum atomic E-state index is -4.06. The number of benzene rings is 3. The number of hydrogen-bond donors (Lipinski definition) is 3. The summed E-state index contributed by atoms with van der Waals surface area (Å²) in [6.07, 6.45) is -0.217. The van der Waals surface area contributed by atoms with Crippen molar-refractivity contribution >= 4 is 78.2 Å². The molecular weight excluding hydrogens is 768 g/mol. The molecule has 4 N–H and O–H groups in total. The van der Waals surface area contributed by atoms with Gasteiger partial charge in [-0.1, -0.05) is 34.7 Å². The van der Waals surface area contributed by atoms with E-state index in [9.17, 15) is 17.6 Å². The third-order valence-electron chi connectivity index (χ3n) is 6.30. The summed E-state index contributed by atoms with van der Waals surface area (Å²) in [7, 11) is -2.69. The van der Waals surface area contributed by atoms with Crippen molar-refractivity contribution < 1.29 is 35.5 Å². The van der Waals surface area contributed by atoms with Gasteiger partial charge in [-0.25, -0.2) is 26.0 Å². The molecule has 3 aromatic carbocycles. The predicted octanol–water partition coefficient (Wildman–Crippen LogP) is 5.62. The van der Waals surface area contributed by atoms with E-state index in [1.54, 1.807) is 0 Å². The third kappa shape index (κ3) is 5.83. The van der Waals surface area contributed by atoms with Gasteiger partial charge in [0.05, 0.1) is 29.2 Å². The number of ether oxygens (including phenoxy) is 1. The van der Waals surface area contributed by atoms with E-state index in [4.69, 9.17) is 10.5 Å². The Labute approximate surface area is 249 Å². The summed E-state index contributed by atoms with van der Waals surface area (Å²) >= 11 is 3.85. The molecular formula is C25H21F4I2N3O4S. The highest BCUT2D eigenvalue weighted by Crippen LogP contribution is 2.50. The first kappa shape index (κ1) is 29.8. The Morgan fingerprint density at radius 1 is 1.08 bits per heavy atom. The van der Waals surface area contributed by atoms with E-state index in [0.29, 0.717) is 9.99 Å². The number of alkyl halides is 1. The summed E-state index contributed by atoms with van der Waals surface area (Å²) in [5.41, 5.74) is 3.06. The number of methoxy groups -OCH3 is 1. The number of anilines is 3. The molecule has 39 heavy (non-hydrogen) atoms. The van der Waals surface area contributed by atoms with Crippen LogP contribution >= 0.6 is 45.2 Å². The van der Waals surface area contributed by atoms with Gasteiger partial charge in [-0.15, -0.1) is 0 Å². The Kier molecular flexibility index (Phi) is 8.68. The molecule has 14 heteroatoms. The second-order valence-electron chi connectivity index (χ2n) is 8.93. The van der Waals surface area contributed by atoms with E-state index in [-0.39, 0.29) is 27.5 Å². The molecule has 0 saturated heterocycles. The fourth-order valence-corrected chi connectivity index (χ4v) is 8.46. The van der Waals surface area contributed by atoms with E-state index >= 15 is 13.2 Å². The average molecular weight is 789 g/mol. The summed E-state index contributed by atoms with van der Waals surface area (Å²) in [5, 5.41) is 2.37. The standard InChI is InChI=1S/C25H21F4I2N3O4S/c1-38-11-25(10-19(25)31)39(36,37)34-18-4-2-3-12(20(18)27)7-13-8-15(24(32)35)23(22(29)21(13)28)33-17-6-5-14(30)9-16(17)26/h2-6,8-9,19,33-34H,7,10-11H2,1H3,(H2,32,35). The van der Waals surface area contributed by atoms with Crippen LogP contribution in [0.5, 0.6) is 0 Å². The summed E-state index contributed by atoms with van der Waals surface area (Å²) in [6, 6.07) is 8.73. The minimum Gasteiger partial charge on any atom is -0.383 e. The highest BCUT2D eigenvalue weighted by molar-refractivity contribution is 14.1. The maximum atomic E-state index is 15.4. The van der Waals surface area contributed by atoms with E-state index in [1.165, 1.54) is 37.4 Å². The molecule has 1 saturated carbocycles. The first-order valence-electron chi connectivity index (χ1n) is 11.3. The normalized spacial score (nSPS) is 18.6. The molecule has 1 aliphatic rings. The first-order valence-corrected chi connectivity index (χ1v) is 15.1. The Morgan fingerprint density at radius 3 is 2.36 bits per heavy atom. The van der Waals surface area contributed by atoms with Crippen molar-refractivity contribution in [2.75, 3.05) is 23.8 Å². The molecule has 1 amide bonds. The molecule has 2 atom stereocenters. The first-order chi connectivity index (χ1) is 18.3. The third-order valence-corrected chi connectivity index (χ3v) is 11.2. The fourth-order valence-electron chi connectivity index (χ4n) is 4.09. The molecule has 208 valence electrons. The Hall–Kier alpha value is -2.18. The van der Waals surface area contributed by atoms with Crippen molar-refractivity contribution in [3.05, 3.63) is 86.0 Å². The lowest BCUT2D eigenvalue weighted by molar-refractivity contribution is 0.100. The number of nitrogens with two attached hydrogens (primary N) is 1. The number of sulfonamides is 1. The van der Waals surface area contributed by atoms with Crippen LogP contribution in [0.15, 0.2) is 42.5 Å². The van der Waals surface area contributed by atoms with Crippen LogP contribution in [0.2, 0.25) is 0 Å². The monoisotopic (exact) mass is 789 g/mol. The highest BCUT2D eigenvalue weighted by atomic mass is 127. The average Bonchev–Trinajstić information content (AvgIpc) is 3.53. The molecule has 0 radical (unpaired) electrons. The summed E-state index contributed by atoms with van der Waals surface area (Å²) < 4.78 is 92.4. The Morgan fingerprint density at radius 2 is 1.77 bits per heavy atom.